The van der Waals surface area contributed by atoms with Crippen LogP contribution < -0.4 is 10.0 Å². The fraction of sp³-hybridized carbons (Fsp3) is 0.909. The normalized spacial score (nSPS) is 24.3. The number of tetrazole rings is 1. The summed E-state index contributed by atoms with van der Waals surface area (Å²) in [5, 5.41) is 16.6. The molecule has 0 radical (unpaired) electrons. The van der Waals surface area contributed by atoms with Gasteiger partial charge in [-0.25, -0.2) is 0 Å². The Morgan fingerprint density at radius 3 is 2.86 bits per heavy atom. The molecule has 10 heteroatoms. The summed E-state index contributed by atoms with van der Waals surface area (Å²) in [6, 6.07) is 0.617. The third kappa shape index (κ3) is 3.96. The lowest BCUT2D eigenvalue weighted by atomic mass is 10.1. The van der Waals surface area contributed by atoms with Crippen LogP contribution in [-0.2, 0) is 16.8 Å². The highest BCUT2D eigenvalue weighted by Crippen LogP contribution is 2.22. The maximum absolute atomic E-state index is 12.5. The highest BCUT2D eigenvalue weighted by atomic mass is 32.2. The number of aromatic nitrogens is 4. The average Bonchev–Trinajstić information content (AvgIpc) is 3.17. The molecule has 2 fully saturated rings. The van der Waals surface area contributed by atoms with Gasteiger partial charge in [-0.2, -0.15) is 22.7 Å². The van der Waals surface area contributed by atoms with Crippen LogP contribution in [0.1, 0.15) is 37.9 Å². The van der Waals surface area contributed by atoms with Gasteiger partial charge in [-0.3, -0.25) is 0 Å². The van der Waals surface area contributed by atoms with Crippen molar-refractivity contribution in [3.05, 3.63) is 5.82 Å². The van der Waals surface area contributed by atoms with Crippen LogP contribution in [0.2, 0.25) is 0 Å². The Morgan fingerprint density at radius 2 is 2.14 bits per heavy atom. The summed E-state index contributed by atoms with van der Waals surface area (Å²) >= 11 is 0. The number of nitrogens with zero attached hydrogens (tertiary/aromatic N) is 4. The quantitative estimate of drug-likeness (QED) is 0.603. The fourth-order valence-electron chi connectivity index (χ4n) is 2.58. The molecule has 118 valence electrons. The van der Waals surface area contributed by atoms with Gasteiger partial charge in [0, 0.05) is 25.2 Å². The zero-order valence-corrected chi connectivity index (χ0v) is 12.6. The first-order valence-corrected chi connectivity index (χ1v) is 8.81. The molecule has 1 saturated carbocycles. The molecule has 1 saturated heterocycles. The Bertz CT molecular complexity index is 543. The smallest absolute Gasteiger partial charge is 0.280 e. The SMILES string of the molecule is O=S(=O)(NCc1nn[nH]n1)N1CCCCC1CNC1CC1. The van der Waals surface area contributed by atoms with Crippen LogP contribution in [0.25, 0.3) is 0 Å². The van der Waals surface area contributed by atoms with E-state index in [4.69, 9.17) is 0 Å². The molecule has 0 spiro atoms. The van der Waals surface area contributed by atoms with Crippen molar-refractivity contribution >= 4 is 10.2 Å². The van der Waals surface area contributed by atoms with E-state index in [1.807, 2.05) is 0 Å². The first-order valence-electron chi connectivity index (χ1n) is 7.37. The van der Waals surface area contributed by atoms with E-state index in [0.29, 0.717) is 18.4 Å². The predicted molar refractivity (Wildman–Crippen MR) is 75.3 cm³/mol. The minimum absolute atomic E-state index is 0.0297. The van der Waals surface area contributed by atoms with E-state index in [1.54, 1.807) is 4.31 Å². The Kier molecular flexibility index (Phi) is 4.48. The van der Waals surface area contributed by atoms with E-state index >= 15 is 0 Å². The minimum atomic E-state index is -3.51. The number of piperidine rings is 1. The van der Waals surface area contributed by atoms with Crippen molar-refractivity contribution in [3.63, 3.8) is 0 Å². The Balaban J connectivity index is 1.59. The van der Waals surface area contributed by atoms with Gasteiger partial charge in [-0.1, -0.05) is 11.6 Å². The number of nitrogens with one attached hydrogen (secondary N) is 3. The summed E-state index contributed by atoms with van der Waals surface area (Å²) in [6.07, 6.45) is 5.30. The molecule has 1 aliphatic carbocycles. The lowest BCUT2D eigenvalue weighted by molar-refractivity contribution is 0.242. The molecule has 1 aromatic rings. The number of H-pyrrole nitrogens is 1. The highest BCUT2D eigenvalue weighted by molar-refractivity contribution is 7.87. The van der Waals surface area contributed by atoms with E-state index in [2.05, 4.69) is 30.7 Å². The molecule has 0 aromatic carbocycles. The molecule has 3 N–H and O–H groups in total. The van der Waals surface area contributed by atoms with Crippen LogP contribution in [0.15, 0.2) is 0 Å². The predicted octanol–water partition coefficient (Wildman–Crippen LogP) is -0.859. The van der Waals surface area contributed by atoms with Crippen molar-refractivity contribution in [1.29, 1.82) is 0 Å². The zero-order valence-electron chi connectivity index (χ0n) is 11.8. The molecule has 9 nitrogen and oxygen atoms in total. The monoisotopic (exact) mass is 315 g/mol. The first-order chi connectivity index (χ1) is 10.1. The van der Waals surface area contributed by atoms with Gasteiger partial charge in [0.25, 0.3) is 10.2 Å². The van der Waals surface area contributed by atoms with Gasteiger partial charge < -0.3 is 5.32 Å². The largest absolute Gasteiger partial charge is 0.312 e. The van der Waals surface area contributed by atoms with Crippen molar-refractivity contribution in [2.24, 2.45) is 0 Å². The molecule has 21 heavy (non-hydrogen) atoms. The highest BCUT2D eigenvalue weighted by Gasteiger charge is 2.33. The number of rotatable bonds is 7. The van der Waals surface area contributed by atoms with Gasteiger partial charge in [0.15, 0.2) is 5.82 Å². The molecule has 1 unspecified atom stereocenters. The maximum atomic E-state index is 12.5. The first kappa shape index (κ1) is 14.8. The average molecular weight is 315 g/mol. The molecule has 2 heterocycles. The molecule has 2 aliphatic rings. The lowest BCUT2D eigenvalue weighted by Gasteiger charge is -2.34. The Hall–Kier alpha value is -1.10. The van der Waals surface area contributed by atoms with Crippen LogP contribution in [0.4, 0.5) is 0 Å². The van der Waals surface area contributed by atoms with E-state index in [0.717, 1.165) is 25.8 Å². The second kappa shape index (κ2) is 6.34. The Morgan fingerprint density at radius 1 is 1.29 bits per heavy atom. The maximum Gasteiger partial charge on any atom is 0.280 e. The van der Waals surface area contributed by atoms with Gasteiger partial charge in [-0.05, 0) is 25.7 Å². The van der Waals surface area contributed by atoms with Gasteiger partial charge in [0.05, 0.1) is 6.54 Å². The Labute approximate surface area is 124 Å². The molecule has 1 atom stereocenters. The van der Waals surface area contributed by atoms with E-state index < -0.39 is 10.2 Å². The number of hydrogen-bond acceptors (Lipinski definition) is 6. The van der Waals surface area contributed by atoms with E-state index in [1.165, 1.54) is 12.8 Å². The summed E-state index contributed by atoms with van der Waals surface area (Å²) in [7, 11) is -3.51. The third-order valence-electron chi connectivity index (χ3n) is 3.90. The number of aromatic amines is 1. The third-order valence-corrected chi connectivity index (χ3v) is 5.51. The standard InChI is InChI=1S/C11H21N7O2S/c19-21(20,13-8-11-14-16-17-15-11)18-6-2-1-3-10(18)7-12-9-4-5-9/h9-10,12-13H,1-8H2,(H,14,15,16,17). The lowest BCUT2D eigenvalue weighted by Crippen LogP contribution is -2.52. The van der Waals surface area contributed by atoms with Crippen molar-refractivity contribution in [1.82, 2.24) is 35.0 Å². The van der Waals surface area contributed by atoms with Crippen LogP contribution >= 0.6 is 0 Å². The van der Waals surface area contributed by atoms with Crippen molar-refractivity contribution in [2.45, 2.75) is 50.7 Å². The molecule has 0 bridgehead atoms. The van der Waals surface area contributed by atoms with Gasteiger partial charge in [0.1, 0.15) is 0 Å². The van der Waals surface area contributed by atoms with Crippen molar-refractivity contribution in [2.75, 3.05) is 13.1 Å². The van der Waals surface area contributed by atoms with E-state index in [-0.39, 0.29) is 12.6 Å². The fourth-order valence-corrected chi connectivity index (χ4v) is 4.00. The van der Waals surface area contributed by atoms with Gasteiger partial charge in [-0.15, -0.1) is 10.2 Å². The van der Waals surface area contributed by atoms with Crippen molar-refractivity contribution < 1.29 is 8.42 Å². The van der Waals surface area contributed by atoms with Crippen LogP contribution in [-0.4, -0.2) is 58.5 Å². The van der Waals surface area contributed by atoms with Gasteiger partial charge in [0.2, 0.25) is 0 Å². The van der Waals surface area contributed by atoms with Crippen LogP contribution in [0.3, 0.4) is 0 Å². The van der Waals surface area contributed by atoms with Gasteiger partial charge >= 0.3 is 0 Å². The molecule has 0 amide bonds. The molecule has 1 aliphatic heterocycles. The van der Waals surface area contributed by atoms with Crippen LogP contribution in [0, 0.1) is 0 Å². The minimum Gasteiger partial charge on any atom is -0.312 e. The van der Waals surface area contributed by atoms with Crippen molar-refractivity contribution in [3.8, 4) is 0 Å². The summed E-state index contributed by atoms with van der Waals surface area (Å²) in [4.78, 5) is 0. The second-order valence-corrected chi connectivity index (χ2v) is 7.30. The topological polar surface area (TPSA) is 116 Å². The summed E-state index contributed by atoms with van der Waals surface area (Å²) < 4.78 is 29.0. The summed E-state index contributed by atoms with van der Waals surface area (Å²) in [6.45, 7) is 1.35. The van der Waals surface area contributed by atoms with Crippen LogP contribution in [0.5, 0.6) is 0 Å². The molecule has 3 rings (SSSR count). The van der Waals surface area contributed by atoms with E-state index in [9.17, 15) is 8.42 Å². The molecular formula is C11H21N7O2S. The molecular weight excluding hydrogens is 294 g/mol. The summed E-state index contributed by atoms with van der Waals surface area (Å²) in [5.74, 6) is 0.336. The number of hydrogen-bond donors (Lipinski definition) is 3. The molecule has 1 aromatic heterocycles. The zero-order chi connectivity index (χ0) is 14.7. The summed E-state index contributed by atoms with van der Waals surface area (Å²) in [5.41, 5.74) is 0. The second-order valence-electron chi connectivity index (χ2n) is 5.60.